The van der Waals surface area contributed by atoms with Crippen LogP contribution in [0, 0.1) is 0 Å². The molecular weight excluding hydrogens is 220 g/mol. The second-order valence-corrected chi connectivity index (χ2v) is 3.95. The predicted octanol–water partition coefficient (Wildman–Crippen LogP) is 1.27. The number of hydrogen-bond acceptors (Lipinski definition) is 3. The molecule has 1 aromatic carbocycles. The van der Waals surface area contributed by atoms with Crippen molar-refractivity contribution in [2.24, 2.45) is 0 Å². The van der Waals surface area contributed by atoms with E-state index in [2.05, 4.69) is 5.32 Å². The molecule has 1 N–H and O–H groups in total. The fourth-order valence-electron chi connectivity index (χ4n) is 1.69. The Hall–Kier alpha value is -1.88. The highest BCUT2D eigenvalue weighted by Gasteiger charge is 2.37. The summed E-state index contributed by atoms with van der Waals surface area (Å²) >= 11 is 0. The number of hydrogen-bond donors (Lipinski definition) is 1. The van der Waals surface area contributed by atoms with Crippen LogP contribution in [0.2, 0.25) is 0 Å². The van der Waals surface area contributed by atoms with Gasteiger partial charge in [-0.25, -0.2) is 4.79 Å². The molecule has 90 valence electrons. The van der Waals surface area contributed by atoms with Crippen molar-refractivity contribution in [3.8, 4) is 0 Å². The number of likely N-dealkylation sites (N-methyl/N-ethyl adjacent to an activating group) is 1. The molecule has 0 bridgehead atoms. The van der Waals surface area contributed by atoms with Crippen molar-refractivity contribution in [2.75, 3.05) is 7.05 Å². The van der Waals surface area contributed by atoms with Crippen molar-refractivity contribution in [1.29, 1.82) is 0 Å². The van der Waals surface area contributed by atoms with Gasteiger partial charge >= 0.3 is 6.03 Å². The van der Waals surface area contributed by atoms with Gasteiger partial charge in [0.05, 0.1) is 6.10 Å². The first kappa shape index (κ1) is 11.6. The van der Waals surface area contributed by atoms with Gasteiger partial charge < -0.3 is 4.74 Å². The van der Waals surface area contributed by atoms with Crippen molar-refractivity contribution in [3.05, 3.63) is 35.9 Å². The zero-order valence-corrected chi connectivity index (χ0v) is 9.71. The molecule has 1 aliphatic heterocycles. The average molecular weight is 234 g/mol. The van der Waals surface area contributed by atoms with E-state index in [1.807, 2.05) is 37.3 Å². The number of nitrogens with one attached hydrogen (secondary N) is 1. The molecular formula is C12H14N2O3. The minimum absolute atomic E-state index is 0.250. The van der Waals surface area contributed by atoms with Crippen LogP contribution < -0.4 is 5.32 Å². The molecule has 5 nitrogen and oxygen atoms in total. The smallest absolute Gasteiger partial charge is 0.326 e. The lowest BCUT2D eigenvalue weighted by molar-refractivity contribution is -0.140. The topological polar surface area (TPSA) is 58.6 Å². The number of imide groups is 1. The van der Waals surface area contributed by atoms with Gasteiger partial charge in [0.1, 0.15) is 0 Å². The average Bonchev–Trinajstić information content (AvgIpc) is 2.57. The summed E-state index contributed by atoms with van der Waals surface area (Å²) in [4.78, 5) is 23.9. The molecule has 2 unspecified atom stereocenters. The maximum absolute atomic E-state index is 11.5. The molecule has 17 heavy (non-hydrogen) atoms. The Bertz CT molecular complexity index is 433. The van der Waals surface area contributed by atoms with Crippen LogP contribution in [0.15, 0.2) is 30.3 Å². The fraction of sp³-hybridized carbons (Fsp3) is 0.333. The molecule has 1 aliphatic rings. The molecule has 0 aliphatic carbocycles. The van der Waals surface area contributed by atoms with Gasteiger partial charge in [0, 0.05) is 7.05 Å². The maximum Gasteiger partial charge on any atom is 0.326 e. The van der Waals surface area contributed by atoms with E-state index >= 15 is 0 Å². The van der Waals surface area contributed by atoms with Crippen molar-refractivity contribution in [3.63, 3.8) is 0 Å². The third kappa shape index (κ3) is 2.29. The minimum atomic E-state index is -0.849. The van der Waals surface area contributed by atoms with E-state index < -0.39 is 18.2 Å². The largest absolute Gasteiger partial charge is 0.341 e. The molecule has 5 heteroatoms. The van der Waals surface area contributed by atoms with E-state index in [0.29, 0.717) is 0 Å². The second-order valence-electron chi connectivity index (χ2n) is 3.95. The van der Waals surface area contributed by atoms with Crippen LogP contribution in [0.4, 0.5) is 4.79 Å². The first-order valence-corrected chi connectivity index (χ1v) is 5.37. The second kappa shape index (κ2) is 4.55. The molecule has 0 aromatic heterocycles. The SMILES string of the molecule is CC(OC1C(=O)NC(=O)N1C)c1ccccc1. The quantitative estimate of drug-likeness (QED) is 0.801. The van der Waals surface area contributed by atoms with Gasteiger partial charge in [-0.15, -0.1) is 0 Å². The van der Waals surface area contributed by atoms with E-state index in [-0.39, 0.29) is 6.10 Å². The highest BCUT2D eigenvalue weighted by Crippen LogP contribution is 2.20. The Morgan fingerprint density at radius 3 is 2.47 bits per heavy atom. The monoisotopic (exact) mass is 234 g/mol. The summed E-state index contributed by atoms with van der Waals surface area (Å²) in [6.07, 6.45) is -1.10. The molecule has 0 spiro atoms. The van der Waals surface area contributed by atoms with Gasteiger partial charge in [0.25, 0.3) is 5.91 Å². The Labute approximate surface area is 99.4 Å². The normalized spacial score (nSPS) is 21.5. The van der Waals surface area contributed by atoms with Crippen LogP contribution in [-0.4, -0.2) is 30.1 Å². The predicted molar refractivity (Wildman–Crippen MR) is 61.0 cm³/mol. The summed E-state index contributed by atoms with van der Waals surface area (Å²) in [5.41, 5.74) is 0.966. The molecule has 1 saturated heterocycles. The lowest BCUT2D eigenvalue weighted by atomic mass is 10.1. The van der Waals surface area contributed by atoms with Gasteiger partial charge in [-0.05, 0) is 12.5 Å². The minimum Gasteiger partial charge on any atom is -0.341 e. The van der Waals surface area contributed by atoms with Crippen LogP contribution >= 0.6 is 0 Å². The summed E-state index contributed by atoms with van der Waals surface area (Å²) in [6.45, 7) is 1.85. The van der Waals surface area contributed by atoms with Gasteiger partial charge in [-0.1, -0.05) is 30.3 Å². The van der Waals surface area contributed by atoms with Crippen molar-refractivity contribution in [2.45, 2.75) is 19.3 Å². The maximum atomic E-state index is 11.5. The first-order chi connectivity index (χ1) is 8.09. The molecule has 0 radical (unpaired) electrons. The number of ether oxygens (including phenoxy) is 1. The Morgan fingerprint density at radius 1 is 1.29 bits per heavy atom. The van der Waals surface area contributed by atoms with Crippen LogP contribution in [0.5, 0.6) is 0 Å². The first-order valence-electron chi connectivity index (χ1n) is 5.37. The van der Waals surface area contributed by atoms with E-state index in [1.165, 1.54) is 11.9 Å². The molecule has 3 amide bonds. The molecule has 1 fully saturated rings. The Kier molecular flexibility index (Phi) is 3.10. The number of carbonyl (C=O) groups is 2. The van der Waals surface area contributed by atoms with Crippen molar-refractivity contribution in [1.82, 2.24) is 10.2 Å². The van der Waals surface area contributed by atoms with Crippen molar-refractivity contribution >= 4 is 11.9 Å². The Balaban J connectivity index is 2.07. The molecule has 1 heterocycles. The van der Waals surface area contributed by atoms with E-state index in [1.54, 1.807) is 0 Å². The number of benzene rings is 1. The van der Waals surface area contributed by atoms with E-state index in [9.17, 15) is 9.59 Å². The summed E-state index contributed by atoms with van der Waals surface area (Å²) in [5.74, 6) is -0.416. The van der Waals surface area contributed by atoms with Crippen molar-refractivity contribution < 1.29 is 14.3 Å². The zero-order valence-electron chi connectivity index (χ0n) is 9.71. The molecule has 0 saturated carbocycles. The number of urea groups is 1. The zero-order chi connectivity index (χ0) is 12.4. The number of nitrogens with zero attached hydrogens (tertiary/aromatic N) is 1. The third-order valence-electron chi connectivity index (χ3n) is 2.73. The summed E-state index contributed by atoms with van der Waals surface area (Å²) in [7, 11) is 1.53. The Morgan fingerprint density at radius 2 is 1.94 bits per heavy atom. The number of amides is 3. The van der Waals surface area contributed by atoms with Crippen LogP contribution in [0.3, 0.4) is 0 Å². The highest BCUT2D eigenvalue weighted by molar-refractivity contribution is 6.03. The summed E-state index contributed by atoms with van der Waals surface area (Å²) < 4.78 is 5.59. The van der Waals surface area contributed by atoms with Gasteiger partial charge in [-0.2, -0.15) is 0 Å². The van der Waals surface area contributed by atoms with Crippen LogP contribution in [0.25, 0.3) is 0 Å². The molecule has 2 atom stereocenters. The molecule has 2 rings (SSSR count). The molecule has 1 aromatic rings. The standard InChI is InChI=1S/C12H14N2O3/c1-8(9-6-4-3-5-7-9)17-11-10(15)13-12(16)14(11)2/h3-8,11H,1-2H3,(H,13,15,16). The lowest BCUT2D eigenvalue weighted by Crippen LogP contribution is -2.34. The van der Waals surface area contributed by atoms with Gasteiger partial charge in [0.2, 0.25) is 6.23 Å². The van der Waals surface area contributed by atoms with Gasteiger partial charge in [-0.3, -0.25) is 15.0 Å². The van der Waals surface area contributed by atoms with E-state index in [0.717, 1.165) is 5.56 Å². The van der Waals surface area contributed by atoms with Crippen LogP contribution in [-0.2, 0) is 9.53 Å². The lowest BCUT2D eigenvalue weighted by Gasteiger charge is -2.21. The highest BCUT2D eigenvalue weighted by atomic mass is 16.5. The van der Waals surface area contributed by atoms with Gasteiger partial charge in [0.15, 0.2) is 0 Å². The third-order valence-corrected chi connectivity index (χ3v) is 2.73. The summed E-state index contributed by atoms with van der Waals surface area (Å²) in [6, 6.07) is 9.12. The van der Waals surface area contributed by atoms with E-state index in [4.69, 9.17) is 4.74 Å². The fourth-order valence-corrected chi connectivity index (χ4v) is 1.69. The number of carbonyl (C=O) groups excluding carboxylic acids is 2. The number of rotatable bonds is 3. The van der Waals surface area contributed by atoms with Crippen LogP contribution in [0.1, 0.15) is 18.6 Å². The summed E-state index contributed by atoms with van der Waals surface area (Å²) in [5, 5.41) is 2.20.